The van der Waals surface area contributed by atoms with Crippen molar-refractivity contribution in [1.29, 1.82) is 0 Å². The summed E-state index contributed by atoms with van der Waals surface area (Å²) in [6.07, 6.45) is -0.661. The summed E-state index contributed by atoms with van der Waals surface area (Å²) in [5.74, 6) is -0.581. The molecule has 1 aromatic rings. The fourth-order valence-corrected chi connectivity index (χ4v) is 1.80. The summed E-state index contributed by atoms with van der Waals surface area (Å²) in [6, 6.07) is 2.19. The number of hydrogen-bond donors (Lipinski definition) is 1. The van der Waals surface area contributed by atoms with E-state index in [1.54, 1.807) is 14.0 Å². The number of aliphatic hydroxyl groups excluding tert-OH is 1. The molecule has 94 valence electrons. The van der Waals surface area contributed by atoms with Crippen molar-refractivity contribution in [3.63, 3.8) is 0 Å². The zero-order valence-electron chi connectivity index (χ0n) is 9.35. The summed E-state index contributed by atoms with van der Waals surface area (Å²) >= 11 is 2.90. The van der Waals surface area contributed by atoms with Crippen molar-refractivity contribution in [1.82, 2.24) is 0 Å². The minimum atomic E-state index is -0.661. The maximum absolute atomic E-state index is 13.4. The summed E-state index contributed by atoms with van der Waals surface area (Å²) in [4.78, 5) is 11.7. The molecule has 0 heterocycles. The summed E-state index contributed by atoms with van der Waals surface area (Å²) in [7, 11) is 1.56. The van der Waals surface area contributed by atoms with Crippen molar-refractivity contribution >= 4 is 27.3 Å². The van der Waals surface area contributed by atoms with Crippen LogP contribution >= 0.6 is 15.9 Å². The van der Waals surface area contributed by atoms with E-state index in [0.717, 1.165) is 12.1 Å². The predicted molar refractivity (Wildman–Crippen MR) is 65.7 cm³/mol. The van der Waals surface area contributed by atoms with E-state index in [9.17, 15) is 19.6 Å². The molecular weight excluding hydrogens is 295 g/mol. The van der Waals surface area contributed by atoms with Crippen LogP contribution in [0.3, 0.4) is 0 Å². The first-order valence-corrected chi connectivity index (χ1v) is 5.65. The van der Waals surface area contributed by atoms with E-state index in [1.807, 2.05) is 0 Å². The Bertz CT molecular complexity index is 440. The average Bonchev–Trinajstić information content (AvgIpc) is 2.19. The van der Waals surface area contributed by atoms with Gasteiger partial charge in [0.25, 0.3) is 5.69 Å². The van der Waals surface area contributed by atoms with Gasteiger partial charge in [0, 0.05) is 25.7 Å². The molecule has 0 aromatic heterocycles. The van der Waals surface area contributed by atoms with Gasteiger partial charge in [-0.25, -0.2) is 4.39 Å². The van der Waals surface area contributed by atoms with Gasteiger partial charge in [0.05, 0.1) is 15.5 Å². The predicted octanol–water partition coefficient (Wildman–Crippen LogP) is 2.31. The molecule has 0 aliphatic rings. The number of hydrogen-bond acceptors (Lipinski definition) is 4. The van der Waals surface area contributed by atoms with Crippen LogP contribution < -0.4 is 4.90 Å². The molecule has 1 N–H and O–H groups in total. The van der Waals surface area contributed by atoms with Crippen molar-refractivity contribution in [2.24, 2.45) is 0 Å². The number of nitrogens with zero attached hydrogens (tertiary/aromatic N) is 2. The molecular formula is C10H12BrFN2O3. The number of likely N-dealkylation sites (N-methyl/N-ethyl adjacent to an activating group) is 1. The highest BCUT2D eigenvalue weighted by atomic mass is 79.9. The maximum atomic E-state index is 13.4. The number of benzene rings is 1. The van der Waals surface area contributed by atoms with Crippen LogP contribution in [0.4, 0.5) is 15.8 Å². The molecule has 0 fully saturated rings. The van der Waals surface area contributed by atoms with Gasteiger partial charge in [-0.15, -0.1) is 0 Å². The summed E-state index contributed by atoms with van der Waals surface area (Å²) in [5.41, 5.74) is -0.0713. The Morgan fingerprint density at radius 3 is 2.71 bits per heavy atom. The fourth-order valence-electron chi connectivity index (χ4n) is 1.47. The highest BCUT2D eigenvalue weighted by Gasteiger charge is 2.21. The maximum Gasteiger partial charge on any atom is 0.293 e. The normalized spacial score (nSPS) is 12.3. The molecule has 1 rings (SSSR count). The number of nitro benzene ring substituents is 1. The standard InChI is InChI=1S/C10H12BrFN2O3/c1-6(15)5-13(2)9-4-8(12)7(11)3-10(9)14(16)17/h3-4,6,15H,5H2,1-2H3. The third kappa shape index (κ3) is 3.37. The van der Waals surface area contributed by atoms with E-state index in [0.29, 0.717) is 0 Å². The molecule has 5 nitrogen and oxygen atoms in total. The minimum Gasteiger partial charge on any atom is -0.392 e. The first-order valence-electron chi connectivity index (χ1n) is 4.85. The van der Waals surface area contributed by atoms with E-state index in [4.69, 9.17) is 0 Å². The first kappa shape index (κ1) is 13.9. The second-order valence-electron chi connectivity index (χ2n) is 3.74. The molecule has 0 saturated carbocycles. The smallest absolute Gasteiger partial charge is 0.293 e. The number of nitro groups is 1. The second kappa shape index (κ2) is 5.42. The number of anilines is 1. The van der Waals surface area contributed by atoms with Gasteiger partial charge >= 0.3 is 0 Å². The molecule has 1 atom stereocenters. The molecule has 0 saturated heterocycles. The number of rotatable bonds is 4. The quantitative estimate of drug-likeness (QED) is 0.685. The van der Waals surface area contributed by atoms with Crippen LogP contribution in [0.15, 0.2) is 16.6 Å². The van der Waals surface area contributed by atoms with Gasteiger partial charge < -0.3 is 10.0 Å². The molecule has 1 unspecified atom stereocenters. The Morgan fingerprint density at radius 1 is 1.65 bits per heavy atom. The second-order valence-corrected chi connectivity index (χ2v) is 4.60. The SMILES string of the molecule is CC(O)CN(C)c1cc(F)c(Br)cc1[N+](=O)[O-]. The van der Waals surface area contributed by atoms with Crippen LogP contribution in [-0.2, 0) is 0 Å². The summed E-state index contributed by atoms with van der Waals surface area (Å²) in [5, 5.41) is 20.1. The Labute approximate surface area is 106 Å². The van der Waals surface area contributed by atoms with Gasteiger partial charge in [0.15, 0.2) is 0 Å². The first-order chi connectivity index (χ1) is 7.82. The molecule has 0 spiro atoms. The molecule has 0 aliphatic carbocycles. The van der Waals surface area contributed by atoms with Crippen molar-refractivity contribution in [3.05, 3.63) is 32.5 Å². The van der Waals surface area contributed by atoms with Crippen LogP contribution in [0.25, 0.3) is 0 Å². The van der Waals surface area contributed by atoms with Crippen LogP contribution in [-0.4, -0.2) is 29.7 Å². The highest BCUT2D eigenvalue weighted by Crippen LogP contribution is 2.32. The van der Waals surface area contributed by atoms with Gasteiger partial charge in [0.2, 0.25) is 0 Å². The Kier molecular flexibility index (Phi) is 4.41. The van der Waals surface area contributed by atoms with Crippen LogP contribution in [0.1, 0.15) is 6.92 Å². The van der Waals surface area contributed by atoms with Crippen LogP contribution in [0.2, 0.25) is 0 Å². The molecule has 0 amide bonds. The molecule has 0 radical (unpaired) electrons. The molecule has 1 aromatic carbocycles. The average molecular weight is 307 g/mol. The van der Waals surface area contributed by atoms with Gasteiger partial charge in [-0.05, 0) is 22.9 Å². The van der Waals surface area contributed by atoms with E-state index >= 15 is 0 Å². The van der Waals surface area contributed by atoms with E-state index in [1.165, 1.54) is 4.90 Å². The number of halogens is 2. The summed E-state index contributed by atoms with van der Waals surface area (Å²) in [6.45, 7) is 1.74. The van der Waals surface area contributed by atoms with Gasteiger partial charge in [-0.3, -0.25) is 10.1 Å². The van der Waals surface area contributed by atoms with Gasteiger partial charge in [0.1, 0.15) is 11.5 Å². The molecule has 0 bridgehead atoms. The molecule has 7 heteroatoms. The summed E-state index contributed by atoms with van der Waals surface area (Å²) < 4.78 is 13.4. The van der Waals surface area contributed by atoms with Crippen molar-refractivity contribution < 1.29 is 14.4 Å². The Balaban J connectivity index is 3.20. The monoisotopic (exact) mass is 306 g/mol. The minimum absolute atomic E-state index is 0.0402. The largest absolute Gasteiger partial charge is 0.392 e. The lowest BCUT2D eigenvalue weighted by atomic mass is 10.2. The van der Waals surface area contributed by atoms with Crippen molar-refractivity contribution in [2.45, 2.75) is 13.0 Å². The van der Waals surface area contributed by atoms with E-state index < -0.39 is 16.8 Å². The van der Waals surface area contributed by atoms with Crippen LogP contribution in [0.5, 0.6) is 0 Å². The fraction of sp³-hybridized carbons (Fsp3) is 0.400. The zero-order chi connectivity index (χ0) is 13.2. The number of aliphatic hydroxyl groups is 1. The van der Waals surface area contributed by atoms with Crippen molar-refractivity contribution in [2.75, 3.05) is 18.5 Å². The lowest BCUT2D eigenvalue weighted by molar-refractivity contribution is -0.384. The Hall–Kier alpha value is -1.21. The van der Waals surface area contributed by atoms with Gasteiger partial charge in [-0.2, -0.15) is 0 Å². The van der Waals surface area contributed by atoms with Gasteiger partial charge in [-0.1, -0.05) is 0 Å². The molecule has 0 aliphatic heterocycles. The third-order valence-corrected chi connectivity index (χ3v) is 2.77. The Morgan fingerprint density at radius 2 is 2.24 bits per heavy atom. The van der Waals surface area contributed by atoms with E-state index in [2.05, 4.69) is 15.9 Å². The van der Waals surface area contributed by atoms with E-state index in [-0.39, 0.29) is 22.4 Å². The lowest BCUT2D eigenvalue weighted by Crippen LogP contribution is -2.27. The molecule has 17 heavy (non-hydrogen) atoms. The van der Waals surface area contributed by atoms with Crippen molar-refractivity contribution in [3.8, 4) is 0 Å². The topological polar surface area (TPSA) is 66.6 Å². The third-order valence-electron chi connectivity index (χ3n) is 2.16. The zero-order valence-corrected chi connectivity index (χ0v) is 10.9. The van der Waals surface area contributed by atoms with Crippen LogP contribution in [0, 0.1) is 15.9 Å². The highest BCUT2D eigenvalue weighted by molar-refractivity contribution is 9.10. The lowest BCUT2D eigenvalue weighted by Gasteiger charge is -2.20.